The Morgan fingerprint density at radius 1 is 1.08 bits per heavy atom. The molecule has 8 nitrogen and oxygen atoms in total. The zero-order valence-electron chi connectivity index (χ0n) is 21.4. The molecule has 1 aromatic heterocycles. The lowest BCUT2D eigenvalue weighted by Crippen LogP contribution is -2.40. The number of likely N-dealkylation sites (tertiary alicyclic amines) is 1. The normalized spacial score (nSPS) is 18.9. The number of Topliss-reactive ketones (excluding diaryl/α,β-unsaturated/α-hetero) is 1. The molecule has 1 atom stereocenters. The summed E-state index contributed by atoms with van der Waals surface area (Å²) >= 11 is 1.74. The number of benzene rings is 1. The molecule has 2 aliphatic rings. The molecule has 3 heterocycles. The molecule has 0 saturated carbocycles. The van der Waals surface area contributed by atoms with Crippen molar-refractivity contribution in [1.82, 2.24) is 14.5 Å². The first kappa shape index (κ1) is 27.9. The molecule has 4 rings (SSSR count). The molecule has 1 aromatic carbocycles. The minimum atomic E-state index is -3.75. The summed E-state index contributed by atoms with van der Waals surface area (Å²) < 4.78 is 33.0. The number of hydrogen-bond donors (Lipinski definition) is 1. The number of thiophene rings is 1. The average Bonchev–Trinajstić information content (AvgIpc) is 3.46. The van der Waals surface area contributed by atoms with E-state index in [1.165, 1.54) is 40.6 Å². The van der Waals surface area contributed by atoms with Crippen LogP contribution in [0.2, 0.25) is 0 Å². The maximum atomic E-state index is 13.3. The van der Waals surface area contributed by atoms with Crippen LogP contribution in [0.1, 0.15) is 60.3 Å². The molecule has 0 aliphatic carbocycles. The van der Waals surface area contributed by atoms with Crippen molar-refractivity contribution in [3.05, 3.63) is 52.2 Å². The van der Waals surface area contributed by atoms with Gasteiger partial charge in [0.1, 0.15) is 0 Å². The van der Waals surface area contributed by atoms with Crippen LogP contribution in [0.5, 0.6) is 0 Å². The van der Waals surface area contributed by atoms with Gasteiger partial charge >= 0.3 is 5.97 Å². The molecule has 2 aliphatic heterocycles. The second-order valence-corrected chi connectivity index (χ2v) is 12.6. The van der Waals surface area contributed by atoms with E-state index < -0.39 is 10.0 Å². The quantitative estimate of drug-likeness (QED) is 0.338. The van der Waals surface area contributed by atoms with Gasteiger partial charge in [-0.3, -0.25) is 14.5 Å². The zero-order valence-corrected chi connectivity index (χ0v) is 23.1. The Hall–Kier alpha value is -2.11. The third-order valence-corrected chi connectivity index (χ3v) is 10.1. The number of hydrogen-bond acceptors (Lipinski definition) is 8. The Labute approximate surface area is 224 Å². The summed E-state index contributed by atoms with van der Waals surface area (Å²) in [5, 5.41) is 5.41. The van der Waals surface area contributed by atoms with E-state index in [1.807, 2.05) is 0 Å². The molecule has 0 amide bonds. The number of rotatable bonds is 11. The molecule has 37 heavy (non-hydrogen) atoms. The van der Waals surface area contributed by atoms with Crippen LogP contribution in [0.15, 0.2) is 46.7 Å². The van der Waals surface area contributed by atoms with Gasteiger partial charge in [-0.1, -0.05) is 24.6 Å². The number of ketones is 1. The van der Waals surface area contributed by atoms with E-state index in [4.69, 9.17) is 4.74 Å². The molecule has 0 bridgehead atoms. The fraction of sp³-hybridized carbons (Fsp3) is 0.556. The van der Waals surface area contributed by atoms with Gasteiger partial charge in [-0.05, 0) is 69.3 Å². The Morgan fingerprint density at radius 2 is 1.84 bits per heavy atom. The van der Waals surface area contributed by atoms with Crippen LogP contribution in [0.25, 0.3) is 0 Å². The highest BCUT2D eigenvalue weighted by atomic mass is 32.2. The average molecular weight is 548 g/mol. The van der Waals surface area contributed by atoms with Crippen LogP contribution in [-0.4, -0.2) is 75.3 Å². The van der Waals surface area contributed by atoms with E-state index in [0.29, 0.717) is 31.6 Å². The van der Waals surface area contributed by atoms with Gasteiger partial charge < -0.3 is 10.1 Å². The highest BCUT2D eigenvalue weighted by molar-refractivity contribution is 7.89. The van der Waals surface area contributed by atoms with Gasteiger partial charge in [0.05, 0.1) is 30.0 Å². The van der Waals surface area contributed by atoms with Gasteiger partial charge in [-0.2, -0.15) is 4.31 Å². The summed E-state index contributed by atoms with van der Waals surface area (Å²) in [6.07, 6.45) is 4.53. The third-order valence-electron chi connectivity index (χ3n) is 7.19. The molecule has 2 saturated heterocycles. The fourth-order valence-electron chi connectivity index (χ4n) is 5.12. The van der Waals surface area contributed by atoms with Crippen molar-refractivity contribution in [2.75, 3.05) is 45.9 Å². The molecule has 1 unspecified atom stereocenters. The lowest BCUT2D eigenvalue weighted by atomic mass is 9.98. The van der Waals surface area contributed by atoms with E-state index in [2.05, 4.69) is 27.7 Å². The number of esters is 1. The second-order valence-electron chi connectivity index (χ2n) is 9.64. The van der Waals surface area contributed by atoms with Crippen LogP contribution >= 0.6 is 11.3 Å². The number of nitrogens with zero attached hydrogens (tertiary/aromatic N) is 2. The standard InChI is InChI=1S/C27H37N3O5S2/c1-2-35-27(32)21-11-15-30(16-12-21)37(33,34)23-9-6-8-22(18-23)25(31)20-28-19-24(26-10-7-17-36-26)29-13-4-3-5-14-29/h6-10,17-18,21,24,28H,2-5,11-16,19-20H2,1H3. The van der Waals surface area contributed by atoms with Gasteiger partial charge in [0, 0.05) is 30.1 Å². The van der Waals surface area contributed by atoms with Crippen LogP contribution in [0.4, 0.5) is 0 Å². The van der Waals surface area contributed by atoms with Crippen LogP contribution in [-0.2, 0) is 19.6 Å². The number of piperidine rings is 2. The van der Waals surface area contributed by atoms with Crippen molar-refractivity contribution in [3.63, 3.8) is 0 Å². The van der Waals surface area contributed by atoms with Gasteiger partial charge in [-0.25, -0.2) is 8.42 Å². The highest BCUT2D eigenvalue weighted by Gasteiger charge is 2.33. The van der Waals surface area contributed by atoms with Crippen molar-refractivity contribution in [2.24, 2.45) is 5.92 Å². The predicted octanol–water partition coefficient (Wildman–Crippen LogP) is 3.71. The van der Waals surface area contributed by atoms with E-state index in [9.17, 15) is 18.0 Å². The molecule has 0 spiro atoms. The van der Waals surface area contributed by atoms with Crippen molar-refractivity contribution in [1.29, 1.82) is 0 Å². The lowest BCUT2D eigenvalue weighted by molar-refractivity contribution is -0.149. The smallest absolute Gasteiger partial charge is 0.309 e. The first-order valence-corrected chi connectivity index (χ1v) is 15.5. The summed E-state index contributed by atoms with van der Waals surface area (Å²) in [5.41, 5.74) is 0.376. The maximum absolute atomic E-state index is 13.3. The summed E-state index contributed by atoms with van der Waals surface area (Å²) in [6, 6.07) is 10.7. The molecule has 1 N–H and O–H groups in total. The Bertz CT molecular complexity index is 1140. The van der Waals surface area contributed by atoms with E-state index in [1.54, 1.807) is 30.4 Å². The predicted molar refractivity (Wildman–Crippen MR) is 144 cm³/mol. The SMILES string of the molecule is CCOC(=O)C1CCN(S(=O)(=O)c2cccc(C(=O)CNCC(c3cccs3)N3CCCCC3)c2)CC1. The highest BCUT2D eigenvalue weighted by Crippen LogP contribution is 2.28. The molecular weight excluding hydrogens is 510 g/mol. The van der Waals surface area contributed by atoms with Crippen molar-refractivity contribution in [2.45, 2.75) is 50.0 Å². The molecule has 2 aromatic rings. The Kier molecular flexibility index (Phi) is 9.89. The van der Waals surface area contributed by atoms with Gasteiger partial charge in [-0.15, -0.1) is 11.3 Å². The van der Waals surface area contributed by atoms with Crippen LogP contribution in [0.3, 0.4) is 0 Å². The van der Waals surface area contributed by atoms with Crippen molar-refractivity contribution < 1.29 is 22.7 Å². The van der Waals surface area contributed by atoms with Gasteiger partial charge in [0.2, 0.25) is 10.0 Å². The maximum Gasteiger partial charge on any atom is 0.309 e. The molecule has 202 valence electrons. The first-order valence-electron chi connectivity index (χ1n) is 13.2. The van der Waals surface area contributed by atoms with Gasteiger partial charge in [0.15, 0.2) is 5.78 Å². The number of nitrogens with one attached hydrogen (secondary N) is 1. The summed E-state index contributed by atoms with van der Waals surface area (Å²) in [4.78, 5) is 28.9. The number of carbonyl (C=O) groups is 2. The monoisotopic (exact) mass is 547 g/mol. The summed E-state index contributed by atoms with van der Waals surface area (Å²) in [7, 11) is -3.75. The number of sulfonamides is 1. The van der Waals surface area contributed by atoms with E-state index >= 15 is 0 Å². The summed E-state index contributed by atoms with van der Waals surface area (Å²) in [6.45, 7) is 5.53. The largest absolute Gasteiger partial charge is 0.466 e. The molecular formula is C27H37N3O5S2. The Morgan fingerprint density at radius 3 is 2.51 bits per heavy atom. The van der Waals surface area contributed by atoms with Crippen molar-refractivity contribution >= 4 is 33.1 Å². The molecule has 2 fully saturated rings. The summed E-state index contributed by atoms with van der Waals surface area (Å²) in [5.74, 6) is -0.670. The lowest BCUT2D eigenvalue weighted by Gasteiger charge is -2.34. The topological polar surface area (TPSA) is 96.0 Å². The fourth-order valence-corrected chi connectivity index (χ4v) is 7.49. The van der Waals surface area contributed by atoms with E-state index in [0.717, 1.165) is 13.1 Å². The van der Waals surface area contributed by atoms with Crippen LogP contribution in [0, 0.1) is 5.92 Å². The third kappa shape index (κ3) is 7.06. The number of carbonyl (C=O) groups excluding carboxylic acids is 2. The second kappa shape index (κ2) is 13.1. The zero-order chi connectivity index (χ0) is 26.3. The minimum Gasteiger partial charge on any atom is -0.466 e. The molecule has 10 heteroatoms. The van der Waals surface area contributed by atoms with Crippen LogP contribution < -0.4 is 5.32 Å². The Balaban J connectivity index is 1.35. The van der Waals surface area contributed by atoms with E-state index in [-0.39, 0.29) is 48.2 Å². The van der Waals surface area contributed by atoms with Gasteiger partial charge in [0.25, 0.3) is 0 Å². The van der Waals surface area contributed by atoms with Crippen molar-refractivity contribution in [3.8, 4) is 0 Å². The first-order chi connectivity index (χ1) is 17.9. The molecule has 0 radical (unpaired) electrons. The minimum absolute atomic E-state index is 0.109. The number of ether oxygens (including phenoxy) is 1.